The van der Waals surface area contributed by atoms with Crippen molar-refractivity contribution in [2.45, 2.75) is 52.6 Å². The molecule has 2 aromatic rings. The Labute approximate surface area is 141 Å². The zero-order valence-corrected chi connectivity index (χ0v) is 14.7. The van der Waals surface area contributed by atoms with Crippen LogP contribution in [0.4, 0.5) is 0 Å². The highest BCUT2D eigenvalue weighted by molar-refractivity contribution is 5.75. The summed E-state index contributed by atoms with van der Waals surface area (Å²) >= 11 is 0. The Morgan fingerprint density at radius 1 is 1.12 bits per heavy atom. The summed E-state index contributed by atoms with van der Waals surface area (Å²) in [5.41, 5.74) is 2.21. The lowest BCUT2D eigenvalue weighted by atomic mass is 9.86. The van der Waals surface area contributed by atoms with Gasteiger partial charge in [0.2, 0.25) is 5.91 Å². The van der Waals surface area contributed by atoms with E-state index in [9.17, 15) is 9.59 Å². The lowest BCUT2D eigenvalue weighted by Crippen LogP contribution is -2.34. The molecule has 130 valence electrons. The summed E-state index contributed by atoms with van der Waals surface area (Å²) < 4.78 is 2.28. The second kappa shape index (κ2) is 7.42. The lowest BCUT2D eigenvalue weighted by molar-refractivity contribution is -0.121. The van der Waals surface area contributed by atoms with Crippen LogP contribution in [0.5, 0.6) is 0 Å². The molecule has 0 unspecified atom stereocenters. The summed E-state index contributed by atoms with van der Waals surface area (Å²) in [6, 6.07) is 8.42. The van der Waals surface area contributed by atoms with Crippen LogP contribution in [0, 0.1) is 0 Å². The Balaban J connectivity index is 1.82. The van der Waals surface area contributed by atoms with Gasteiger partial charge in [0.1, 0.15) is 6.54 Å². The van der Waals surface area contributed by atoms with Crippen molar-refractivity contribution >= 4 is 5.91 Å². The van der Waals surface area contributed by atoms with Crippen LogP contribution < -0.4 is 11.0 Å². The van der Waals surface area contributed by atoms with E-state index >= 15 is 0 Å². The van der Waals surface area contributed by atoms with Gasteiger partial charge < -0.3 is 5.32 Å². The number of aromatic nitrogens is 4. The molecule has 0 radical (unpaired) electrons. The summed E-state index contributed by atoms with van der Waals surface area (Å²) in [4.78, 5) is 23.7. The van der Waals surface area contributed by atoms with Gasteiger partial charge >= 0.3 is 5.69 Å². The molecule has 0 aliphatic heterocycles. The molecule has 1 amide bonds. The summed E-state index contributed by atoms with van der Waals surface area (Å²) in [6.07, 6.45) is 0.743. The first kappa shape index (κ1) is 17.9. The average molecular weight is 331 g/mol. The van der Waals surface area contributed by atoms with Gasteiger partial charge in [0, 0.05) is 13.1 Å². The maximum atomic E-state index is 11.9. The lowest BCUT2D eigenvalue weighted by Gasteiger charge is -2.19. The Hall–Kier alpha value is -2.44. The number of nitrogens with zero attached hydrogens (tertiary/aromatic N) is 4. The van der Waals surface area contributed by atoms with Gasteiger partial charge in [0.05, 0.1) is 0 Å². The summed E-state index contributed by atoms with van der Waals surface area (Å²) in [6.45, 7) is 9.18. The molecule has 0 fully saturated rings. The number of benzene rings is 1. The number of tetrazole rings is 1. The smallest absolute Gasteiger partial charge is 0.354 e. The molecule has 0 saturated carbocycles. The standard InChI is InChI=1S/C17H25N5O2/c1-5-21-16(24)22(20-19-21)12-15(23)18-11-10-13-6-8-14(9-7-13)17(2,3)4/h6-9H,5,10-12H2,1-4H3,(H,18,23). The van der Waals surface area contributed by atoms with E-state index in [0.717, 1.165) is 16.7 Å². The van der Waals surface area contributed by atoms with Crippen molar-refractivity contribution in [2.75, 3.05) is 6.54 Å². The second-order valence-corrected chi connectivity index (χ2v) is 6.78. The SMILES string of the molecule is CCn1nnn(CC(=O)NCCc2ccc(C(C)(C)C)cc2)c1=O. The number of carbonyl (C=O) groups is 1. The van der Waals surface area contributed by atoms with Crippen LogP contribution in [0.2, 0.25) is 0 Å². The number of amides is 1. The molecule has 1 aromatic heterocycles. The van der Waals surface area contributed by atoms with E-state index in [1.54, 1.807) is 6.92 Å². The quantitative estimate of drug-likeness (QED) is 0.860. The molecule has 0 aliphatic carbocycles. The maximum absolute atomic E-state index is 11.9. The van der Waals surface area contributed by atoms with Crippen LogP contribution in [-0.2, 0) is 29.7 Å². The van der Waals surface area contributed by atoms with Gasteiger partial charge in [0.25, 0.3) is 0 Å². The molecule has 1 N–H and O–H groups in total. The van der Waals surface area contributed by atoms with Crippen LogP contribution in [-0.4, -0.2) is 32.2 Å². The van der Waals surface area contributed by atoms with E-state index in [0.29, 0.717) is 13.1 Å². The van der Waals surface area contributed by atoms with Gasteiger partial charge in [0.15, 0.2) is 0 Å². The zero-order chi connectivity index (χ0) is 17.7. The van der Waals surface area contributed by atoms with Crippen molar-refractivity contribution in [3.05, 3.63) is 45.9 Å². The Bertz CT molecular complexity index is 738. The largest absolute Gasteiger partial charge is 0.364 e. The van der Waals surface area contributed by atoms with Gasteiger partial charge in [-0.25, -0.2) is 4.79 Å². The minimum atomic E-state index is -0.370. The fraction of sp³-hybridized carbons (Fsp3) is 0.529. The third-order valence-corrected chi connectivity index (χ3v) is 3.85. The van der Waals surface area contributed by atoms with Crippen LogP contribution in [0.1, 0.15) is 38.8 Å². The summed E-state index contributed by atoms with van der Waals surface area (Å²) in [5.74, 6) is -0.244. The molecule has 7 nitrogen and oxygen atoms in total. The first-order chi connectivity index (χ1) is 11.3. The third-order valence-electron chi connectivity index (χ3n) is 3.85. The predicted molar refractivity (Wildman–Crippen MR) is 91.8 cm³/mol. The molecule has 0 atom stereocenters. The highest BCUT2D eigenvalue weighted by Crippen LogP contribution is 2.22. The van der Waals surface area contributed by atoms with E-state index in [1.165, 1.54) is 10.2 Å². The van der Waals surface area contributed by atoms with E-state index in [4.69, 9.17) is 0 Å². The second-order valence-electron chi connectivity index (χ2n) is 6.78. The molecule has 1 heterocycles. The molecule has 0 bridgehead atoms. The van der Waals surface area contributed by atoms with Gasteiger partial charge in [-0.2, -0.15) is 9.36 Å². The van der Waals surface area contributed by atoms with Crippen molar-refractivity contribution in [1.82, 2.24) is 25.1 Å². The molecule has 1 aromatic carbocycles. The molecule has 0 aliphatic rings. The number of rotatable bonds is 6. The van der Waals surface area contributed by atoms with Crippen LogP contribution in [0.15, 0.2) is 29.1 Å². The Morgan fingerprint density at radius 2 is 1.75 bits per heavy atom. The van der Waals surface area contributed by atoms with Crippen molar-refractivity contribution in [3.8, 4) is 0 Å². The van der Waals surface area contributed by atoms with Crippen molar-refractivity contribution < 1.29 is 4.79 Å². The average Bonchev–Trinajstić information content (AvgIpc) is 2.87. The first-order valence-corrected chi connectivity index (χ1v) is 8.18. The molecule has 2 rings (SSSR count). The molecule has 0 saturated heterocycles. The zero-order valence-electron chi connectivity index (χ0n) is 14.7. The third kappa shape index (κ3) is 4.53. The first-order valence-electron chi connectivity index (χ1n) is 8.18. The summed E-state index contributed by atoms with van der Waals surface area (Å²) in [7, 11) is 0. The van der Waals surface area contributed by atoms with Gasteiger partial charge in [-0.1, -0.05) is 45.0 Å². The maximum Gasteiger partial charge on any atom is 0.364 e. The summed E-state index contributed by atoms with van der Waals surface area (Å²) in [5, 5.41) is 10.2. The number of hydrogen-bond acceptors (Lipinski definition) is 4. The number of hydrogen-bond donors (Lipinski definition) is 1. The fourth-order valence-corrected chi connectivity index (χ4v) is 2.31. The highest BCUT2D eigenvalue weighted by Gasteiger charge is 2.13. The minimum Gasteiger partial charge on any atom is -0.354 e. The topological polar surface area (TPSA) is 81.8 Å². The van der Waals surface area contributed by atoms with Gasteiger partial charge in [-0.3, -0.25) is 4.79 Å². The van der Waals surface area contributed by atoms with E-state index in [1.807, 2.05) is 0 Å². The monoisotopic (exact) mass is 331 g/mol. The van der Waals surface area contributed by atoms with Gasteiger partial charge in [-0.15, -0.1) is 0 Å². The molecule has 7 heteroatoms. The van der Waals surface area contributed by atoms with Crippen molar-refractivity contribution in [3.63, 3.8) is 0 Å². The van der Waals surface area contributed by atoms with Crippen LogP contribution in [0.3, 0.4) is 0 Å². The fourth-order valence-electron chi connectivity index (χ4n) is 2.31. The molecule has 0 spiro atoms. The van der Waals surface area contributed by atoms with E-state index in [2.05, 4.69) is 60.8 Å². The van der Waals surface area contributed by atoms with Crippen molar-refractivity contribution in [1.29, 1.82) is 0 Å². The van der Waals surface area contributed by atoms with Crippen molar-refractivity contribution in [2.24, 2.45) is 0 Å². The van der Waals surface area contributed by atoms with Crippen LogP contribution >= 0.6 is 0 Å². The van der Waals surface area contributed by atoms with Gasteiger partial charge in [-0.05, 0) is 40.3 Å². The molecular formula is C17H25N5O2. The highest BCUT2D eigenvalue weighted by atomic mass is 16.2. The normalized spacial score (nSPS) is 11.5. The Morgan fingerprint density at radius 3 is 2.29 bits per heavy atom. The van der Waals surface area contributed by atoms with E-state index < -0.39 is 0 Å². The predicted octanol–water partition coefficient (Wildman–Crippen LogP) is 1.12. The minimum absolute atomic E-state index is 0.109. The van der Waals surface area contributed by atoms with E-state index in [-0.39, 0.29) is 23.6 Å². The number of carbonyl (C=O) groups excluding carboxylic acids is 1. The molecule has 24 heavy (non-hydrogen) atoms. The number of nitrogens with one attached hydrogen (secondary N) is 1. The Kier molecular flexibility index (Phi) is 5.54. The molecular weight excluding hydrogens is 306 g/mol. The number of aryl methyl sites for hydroxylation is 1. The van der Waals surface area contributed by atoms with Crippen LogP contribution in [0.25, 0.3) is 0 Å².